The van der Waals surface area contributed by atoms with Crippen LogP contribution in [0.1, 0.15) is 18.9 Å². The van der Waals surface area contributed by atoms with Crippen LogP contribution in [-0.2, 0) is 14.8 Å². The first kappa shape index (κ1) is 23.1. The van der Waals surface area contributed by atoms with Crippen LogP contribution in [0, 0.1) is 6.92 Å². The summed E-state index contributed by atoms with van der Waals surface area (Å²) >= 11 is 0. The van der Waals surface area contributed by atoms with Gasteiger partial charge in [-0.25, -0.2) is 8.42 Å². The molecule has 3 aromatic carbocycles. The summed E-state index contributed by atoms with van der Waals surface area (Å²) in [6, 6.07) is 20.1. The van der Waals surface area contributed by atoms with Crippen molar-refractivity contribution in [3.8, 4) is 11.5 Å². The molecule has 0 aromatic heterocycles. The maximum absolute atomic E-state index is 12.7. The molecule has 0 radical (unpaired) electrons. The van der Waals surface area contributed by atoms with Gasteiger partial charge in [0.15, 0.2) is 6.10 Å². The third kappa shape index (κ3) is 5.79. The molecule has 0 fully saturated rings. The van der Waals surface area contributed by atoms with E-state index in [4.69, 9.17) is 9.47 Å². The van der Waals surface area contributed by atoms with E-state index in [-0.39, 0.29) is 10.8 Å². The predicted molar refractivity (Wildman–Crippen MR) is 125 cm³/mol. The first-order valence-corrected chi connectivity index (χ1v) is 11.6. The maximum Gasteiger partial charge on any atom is 0.265 e. The molecule has 0 bridgehead atoms. The van der Waals surface area contributed by atoms with Crippen LogP contribution in [0.15, 0.2) is 77.7 Å². The van der Waals surface area contributed by atoms with Gasteiger partial charge in [-0.3, -0.25) is 9.52 Å². The zero-order valence-electron chi connectivity index (χ0n) is 18.2. The molecule has 1 atom stereocenters. The van der Waals surface area contributed by atoms with E-state index >= 15 is 0 Å². The van der Waals surface area contributed by atoms with Crippen LogP contribution < -0.4 is 19.5 Å². The normalized spacial score (nSPS) is 12.0. The van der Waals surface area contributed by atoms with Gasteiger partial charge in [-0.05, 0) is 61.4 Å². The largest absolute Gasteiger partial charge is 0.497 e. The van der Waals surface area contributed by atoms with Crippen LogP contribution in [0.25, 0.3) is 0 Å². The van der Waals surface area contributed by atoms with E-state index in [0.29, 0.717) is 29.3 Å². The summed E-state index contributed by atoms with van der Waals surface area (Å²) in [4.78, 5) is 12.8. The molecule has 32 heavy (non-hydrogen) atoms. The van der Waals surface area contributed by atoms with Gasteiger partial charge in [-0.15, -0.1) is 0 Å². The Kier molecular flexibility index (Phi) is 7.37. The highest BCUT2D eigenvalue weighted by Gasteiger charge is 2.20. The second kappa shape index (κ2) is 10.2. The number of hydrogen-bond acceptors (Lipinski definition) is 5. The van der Waals surface area contributed by atoms with Gasteiger partial charge in [0.1, 0.15) is 11.5 Å². The smallest absolute Gasteiger partial charge is 0.265 e. The molecule has 0 saturated carbocycles. The summed E-state index contributed by atoms with van der Waals surface area (Å²) in [5.41, 5.74) is 1.81. The van der Waals surface area contributed by atoms with Crippen LogP contribution in [0.5, 0.6) is 11.5 Å². The highest BCUT2D eigenvalue weighted by molar-refractivity contribution is 7.92. The number of benzene rings is 3. The predicted octanol–water partition coefficient (Wildman–Crippen LogP) is 4.60. The van der Waals surface area contributed by atoms with Crippen LogP contribution in [0.2, 0.25) is 0 Å². The SMILES string of the molecule is CC[C@@H](Oc1cccc(OC)c1)C(=O)Nc1ccc(S(=O)(=O)Nc2ccccc2C)cc1. The molecule has 0 aliphatic carbocycles. The zero-order chi connectivity index (χ0) is 23.1. The van der Waals surface area contributed by atoms with Crippen molar-refractivity contribution in [2.24, 2.45) is 0 Å². The molecule has 7 nitrogen and oxygen atoms in total. The van der Waals surface area contributed by atoms with E-state index in [0.717, 1.165) is 5.56 Å². The minimum Gasteiger partial charge on any atom is -0.497 e. The number of nitrogens with one attached hydrogen (secondary N) is 2. The van der Waals surface area contributed by atoms with Crippen molar-refractivity contribution in [3.63, 3.8) is 0 Å². The van der Waals surface area contributed by atoms with Gasteiger partial charge in [0, 0.05) is 11.8 Å². The number of sulfonamides is 1. The van der Waals surface area contributed by atoms with Crippen LogP contribution in [0.3, 0.4) is 0 Å². The van der Waals surface area contributed by atoms with Crippen LogP contribution >= 0.6 is 0 Å². The topological polar surface area (TPSA) is 93.7 Å². The molecule has 3 rings (SSSR count). The van der Waals surface area contributed by atoms with Gasteiger partial charge in [-0.1, -0.05) is 31.2 Å². The van der Waals surface area contributed by atoms with Crippen molar-refractivity contribution in [1.29, 1.82) is 0 Å². The fourth-order valence-corrected chi connectivity index (χ4v) is 4.12. The summed E-state index contributed by atoms with van der Waals surface area (Å²) < 4.78 is 38.9. The Bertz CT molecular complexity index is 1180. The van der Waals surface area contributed by atoms with E-state index in [1.54, 1.807) is 55.6 Å². The van der Waals surface area contributed by atoms with Crippen molar-refractivity contribution in [1.82, 2.24) is 0 Å². The Labute approximate surface area is 188 Å². The van der Waals surface area contributed by atoms with E-state index in [1.165, 1.54) is 12.1 Å². The second-order valence-electron chi connectivity index (χ2n) is 7.13. The number of aryl methyl sites for hydroxylation is 1. The van der Waals surface area contributed by atoms with Gasteiger partial charge in [0.25, 0.3) is 15.9 Å². The number of carbonyl (C=O) groups excluding carboxylic acids is 1. The highest BCUT2D eigenvalue weighted by atomic mass is 32.2. The lowest BCUT2D eigenvalue weighted by molar-refractivity contribution is -0.122. The molecule has 0 aliphatic rings. The van der Waals surface area contributed by atoms with Gasteiger partial charge in [-0.2, -0.15) is 0 Å². The molecular formula is C24H26N2O5S. The molecule has 2 N–H and O–H groups in total. The molecule has 0 spiro atoms. The highest BCUT2D eigenvalue weighted by Crippen LogP contribution is 2.23. The molecule has 3 aromatic rings. The second-order valence-corrected chi connectivity index (χ2v) is 8.81. The van der Waals surface area contributed by atoms with Gasteiger partial charge in [0.05, 0.1) is 17.7 Å². The minimum atomic E-state index is -3.75. The van der Waals surface area contributed by atoms with E-state index in [2.05, 4.69) is 10.0 Å². The Morgan fingerprint density at radius 1 is 0.969 bits per heavy atom. The van der Waals surface area contributed by atoms with Crippen molar-refractivity contribution < 1.29 is 22.7 Å². The number of methoxy groups -OCH3 is 1. The van der Waals surface area contributed by atoms with Crippen molar-refractivity contribution in [2.75, 3.05) is 17.1 Å². The first-order valence-electron chi connectivity index (χ1n) is 10.1. The average Bonchev–Trinajstić information content (AvgIpc) is 2.79. The third-order valence-corrected chi connectivity index (χ3v) is 6.19. The first-order chi connectivity index (χ1) is 15.3. The molecule has 1 amide bonds. The summed E-state index contributed by atoms with van der Waals surface area (Å²) in [7, 11) is -2.19. The number of carbonyl (C=O) groups is 1. The fraction of sp³-hybridized carbons (Fsp3) is 0.208. The Morgan fingerprint density at radius 3 is 2.31 bits per heavy atom. The quantitative estimate of drug-likeness (QED) is 0.493. The molecule has 168 valence electrons. The maximum atomic E-state index is 12.7. The van der Waals surface area contributed by atoms with E-state index < -0.39 is 16.1 Å². The number of para-hydroxylation sites is 1. The number of hydrogen-bond donors (Lipinski definition) is 2. The molecule has 8 heteroatoms. The number of amides is 1. The molecular weight excluding hydrogens is 428 g/mol. The molecule has 0 aliphatic heterocycles. The van der Waals surface area contributed by atoms with Crippen molar-refractivity contribution in [2.45, 2.75) is 31.3 Å². The lowest BCUT2D eigenvalue weighted by atomic mass is 10.2. The summed E-state index contributed by atoms with van der Waals surface area (Å²) in [5, 5.41) is 2.77. The monoisotopic (exact) mass is 454 g/mol. The lowest BCUT2D eigenvalue weighted by Gasteiger charge is -2.18. The Morgan fingerprint density at radius 2 is 1.66 bits per heavy atom. The van der Waals surface area contributed by atoms with Gasteiger partial charge >= 0.3 is 0 Å². The fourth-order valence-electron chi connectivity index (χ4n) is 2.99. The molecule has 0 unspecified atom stereocenters. The summed E-state index contributed by atoms with van der Waals surface area (Å²) in [5.74, 6) is 0.827. The standard InChI is InChI=1S/C24H26N2O5S/c1-4-23(31-20-10-7-9-19(16-20)30-3)24(27)25-18-12-14-21(15-13-18)32(28,29)26-22-11-6-5-8-17(22)2/h5-16,23,26H,4H2,1-3H3,(H,25,27)/t23-/m1/s1. The van der Waals surface area contributed by atoms with Gasteiger partial charge < -0.3 is 14.8 Å². The third-order valence-electron chi connectivity index (χ3n) is 4.80. The van der Waals surface area contributed by atoms with E-state index in [9.17, 15) is 13.2 Å². The minimum absolute atomic E-state index is 0.0958. The number of rotatable bonds is 9. The van der Waals surface area contributed by atoms with E-state index in [1.807, 2.05) is 26.0 Å². The lowest BCUT2D eigenvalue weighted by Crippen LogP contribution is -2.32. The van der Waals surface area contributed by atoms with Gasteiger partial charge in [0.2, 0.25) is 0 Å². The summed E-state index contributed by atoms with van der Waals surface area (Å²) in [6.07, 6.45) is -0.260. The van der Waals surface area contributed by atoms with Crippen molar-refractivity contribution >= 4 is 27.3 Å². The van der Waals surface area contributed by atoms with Crippen molar-refractivity contribution in [3.05, 3.63) is 78.4 Å². The number of anilines is 2. The average molecular weight is 455 g/mol. The zero-order valence-corrected chi connectivity index (χ0v) is 19.0. The van der Waals surface area contributed by atoms with Crippen LogP contribution in [-0.4, -0.2) is 27.5 Å². The Hall–Kier alpha value is -3.52. The molecule has 0 heterocycles. The Balaban J connectivity index is 1.67. The van der Waals surface area contributed by atoms with Crippen LogP contribution in [0.4, 0.5) is 11.4 Å². The molecule has 0 saturated heterocycles. The number of ether oxygens (including phenoxy) is 2. The summed E-state index contributed by atoms with van der Waals surface area (Å²) in [6.45, 7) is 3.67.